The minimum absolute atomic E-state index is 0. The Kier molecular flexibility index (Phi) is 3.88. The van der Waals surface area contributed by atoms with Crippen molar-refractivity contribution in [2.75, 3.05) is 6.54 Å². The van der Waals surface area contributed by atoms with Crippen LogP contribution in [0.1, 0.15) is 25.7 Å². The van der Waals surface area contributed by atoms with Gasteiger partial charge in [-0.1, -0.05) is 36.5 Å². The summed E-state index contributed by atoms with van der Waals surface area (Å²) in [5.74, 6) is 1.27. The molecule has 7 rings (SSSR count). The largest absolute Gasteiger partial charge is 0.361 e. The molecule has 4 heteroatoms. The summed E-state index contributed by atoms with van der Waals surface area (Å²) in [4.78, 5) is 4.72. The van der Waals surface area contributed by atoms with Gasteiger partial charge in [0.15, 0.2) is 0 Å². The Morgan fingerprint density at radius 2 is 2.00 bits per heavy atom. The topological polar surface area (TPSA) is 15.7 Å². The van der Waals surface area contributed by atoms with Crippen molar-refractivity contribution in [1.29, 1.82) is 0 Å². The van der Waals surface area contributed by atoms with Crippen molar-refractivity contribution in [2.45, 2.75) is 37.9 Å². The molecule has 5 aliphatic heterocycles. The Morgan fingerprint density at radius 1 is 1.07 bits per heavy atom. The maximum Gasteiger partial charge on any atom is 0.107 e. The van der Waals surface area contributed by atoms with Crippen LogP contribution in [0.4, 0.5) is 0 Å². The molecule has 0 bridgehead atoms. The molecule has 5 heterocycles. The molecule has 4 unspecified atom stereocenters. The minimum atomic E-state index is 0. The predicted molar refractivity (Wildman–Crippen MR) is 117 cm³/mol. The summed E-state index contributed by atoms with van der Waals surface area (Å²) in [6.07, 6.45) is 27.8. The first kappa shape index (κ1) is 17.6. The van der Waals surface area contributed by atoms with E-state index in [2.05, 4.69) is 70.9 Å². The third-order valence-electron chi connectivity index (χ3n) is 7.36. The lowest BCUT2D eigenvalue weighted by Gasteiger charge is -2.50. The van der Waals surface area contributed by atoms with Gasteiger partial charge in [0.2, 0.25) is 0 Å². The first-order chi connectivity index (χ1) is 13.9. The summed E-state index contributed by atoms with van der Waals surface area (Å²) in [7, 11) is 0. The molecule has 7 aliphatic rings. The van der Waals surface area contributed by atoms with E-state index in [1.807, 2.05) is 0 Å². The average Bonchev–Trinajstić information content (AvgIpc) is 2.74. The summed E-state index contributed by atoms with van der Waals surface area (Å²) in [6, 6.07) is 0. The van der Waals surface area contributed by atoms with Gasteiger partial charge in [-0.3, -0.25) is 0 Å². The number of ether oxygens (including phenoxy) is 1. The van der Waals surface area contributed by atoms with Crippen molar-refractivity contribution >= 4 is 12.4 Å². The summed E-state index contributed by atoms with van der Waals surface area (Å²) in [6.45, 7) is 0.956. The normalized spacial score (nSPS) is 35.3. The fraction of sp³-hybridized carbons (Fsp3) is 0.360. The van der Waals surface area contributed by atoms with Gasteiger partial charge in [-0.15, -0.1) is 12.4 Å². The van der Waals surface area contributed by atoms with Crippen LogP contribution in [0, 0.1) is 11.8 Å². The van der Waals surface area contributed by atoms with E-state index in [0.29, 0.717) is 11.8 Å². The first-order valence-electron chi connectivity index (χ1n) is 10.6. The summed E-state index contributed by atoms with van der Waals surface area (Å²) in [5, 5.41) is 0. The molecule has 148 valence electrons. The van der Waals surface area contributed by atoms with E-state index in [4.69, 9.17) is 4.74 Å². The smallest absolute Gasteiger partial charge is 0.107 e. The van der Waals surface area contributed by atoms with E-state index >= 15 is 0 Å². The number of fused-ring (bicyclic) bond motifs is 4. The molecule has 0 aromatic heterocycles. The molecule has 4 atom stereocenters. The SMILES string of the molecule is C1=CN2CC=CC3=C2C(=C1)C=C1CC2CC4CC=CN5C=CCC(=C45)C2OC13.Cl. The van der Waals surface area contributed by atoms with E-state index in [-0.39, 0.29) is 24.6 Å². The highest BCUT2D eigenvalue weighted by Crippen LogP contribution is 2.52. The molecule has 0 saturated carbocycles. The van der Waals surface area contributed by atoms with E-state index in [9.17, 15) is 0 Å². The van der Waals surface area contributed by atoms with Crippen molar-refractivity contribution < 1.29 is 4.74 Å². The Bertz CT molecular complexity index is 1020. The third-order valence-corrected chi connectivity index (χ3v) is 7.36. The predicted octanol–water partition coefficient (Wildman–Crippen LogP) is 5.11. The van der Waals surface area contributed by atoms with Gasteiger partial charge in [0, 0.05) is 42.3 Å². The Morgan fingerprint density at radius 3 is 2.97 bits per heavy atom. The third kappa shape index (κ3) is 2.41. The number of hydrogen-bond donors (Lipinski definition) is 0. The van der Waals surface area contributed by atoms with Gasteiger partial charge in [0.05, 0.1) is 11.8 Å². The molecule has 2 aliphatic carbocycles. The lowest BCUT2D eigenvalue weighted by Crippen LogP contribution is -2.47. The zero-order valence-electron chi connectivity index (χ0n) is 16.3. The van der Waals surface area contributed by atoms with Crippen molar-refractivity contribution in [3.63, 3.8) is 0 Å². The van der Waals surface area contributed by atoms with Gasteiger partial charge >= 0.3 is 0 Å². The van der Waals surface area contributed by atoms with Crippen molar-refractivity contribution in [2.24, 2.45) is 11.8 Å². The maximum atomic E-state index is 6.97. The van der Waals surface area contributed by atoms with Gasteiger partial charge in [-0.2, -0.15) is 0 Å². The number of allylic oxidation sites excluding steroid dienone is 6. The lowest BCUT2D eigenvalue weighted by molar-refractivity contribution is -0.0329. The van der Waals surface area contributed by atoms with E-state index in [1.165, 1.54) is 47.4 Å². The molecular weight excluding hydrogens is 380 g/mol. The molecule has 0 spiro atoms. The monoisotopic (exact) mass is 404 g/mol. The van der Waals surface area contributed by atoms with Gasteiger partial charge < -0.3 is 14.5 Å². The summed E-state index contributed by atoms with van der Waals surface area (Å²) < 4.78 is 6.97. The van der Waals surface area contributed by atoms with Crippen LogP contribution in [-0.4, -0.2) is 28.6 Å². The maximum absolute atomic E-state index is 6.97. The minimum Gasteiger partial charge on any atom is -0.361 e. The number of hydrogen-bond acceptors (Lipinski definition) is 3. The molecule has 1 saturated heterocycles. The second-order valence-corrected chi connectivity index (χ2v) is 8.90. The second-order valence-electron chi connectivity index (χ2n) is 8.90. The van der Waals surface area contributed by atoms with Crippen LogP contribution in [-0.2, 0) is 4.74 Å². The number of halogens is 1. The molecular formula is C25H25ClN2O. The van der Waals surface area contributed by atoms with Crippen LogP contribution >= 0.6 is 12.4 Å². The molecule has 0 aromatic rings. The van der Waals surface area contributed by atoms with Gasteiger partial charge in [0.25, 0.3) is 0 Å². The fourth-order valence-corrected chi connectivity index (χ4v) is 6.33. The molecule has 1 fully saturated rings. The van der Waals surface area contributed by atoms with E-state index in [1.54, 1.807) is 5.57 Å². The Labute approximate surface area is 178 Å². The number of rotatable bonds is 0. The quantitative estimate of drug-likeness (QED) is 0.557. The zero-order valence-corrected chi connectivity index (χ0v) is 17.1. The summed E-state index contributed by atoms with van der Waals surface area (Å²) >= 11 is 0. The van der Waals surface area contributed by atoms with Gasteiger partial charge in [-0.25, -0.2) is 0 Å². The molecule has 0 aromatic carbocycles. The van der Waals surface area contributed by atoms with E-state index < -0.39 is 0 Å². The Balaban J connectivity index is 0.00000165. The van der Waals surface area contributed by atoms with Gasteiger partial charge in [0.1, 0.15) is 6.10 Å². The molecule has 0 radical (unpaired) electrons. The van der Waals surface area contributed by atoms with Crippen LogP contribution in [0.5, 0.6) is 0 Å². The standard InChI is InChI=1S/C25H24N2O.ClH/c1-5-16-13-18-15-19-14-17-6-2-10-27-12-4-8-21(23(17)27)25(19)28-24(18)20-7-3-11-26(9-1)22(16)20;/h1-5,7,9-10,12-13,17,19,24-25H,6,8,11,14-15H2;1H. The van der Waals surface area contributed by atoms with Crippen LogP contribution in [0.2, 0.25) is 0 Å². The first-order valence-corrected chi connectivity index (χ1v) is 10.6. The fourth-order valence-electron chi connectivity index (χ4n) is 6.33. The van der Waals surface area contributed by atoms with E-state index in [0.717, 1.165) is 13.0 Å². The average molecular weight is 405 g/mol. The second kappa shape index (κ2) is 6.38. The van der Waals surface area contributed by atoms with Crippen molar-refractivity contribution in [1.82, 2.24) is 9.80 Å². The van der Waals surface area contributed by atoms with Crippen LogP contribution < -0.4 is 0 Å². The highest BCUT2D eigenvalue weighted by atomic mass is 35.5. The highest BCUT2D eigenvalue weighted by molar-refractivity contribution is 5.85. The Hall–Kier alpha value is -2.23. The molecule has 0 amide bonds. The van der Waals surface area contributed by atoms with Crippen molar-refractivity contribution in [3.05, 3.63) is 94.8 Å². The highest BCUT2D eigenvalue weighted by Gasteiger charge is 2.46. The zero-order chi connectivity index (χ0) is 18.2. The van der Waals surface area contributed by atoms with Crippen LogP contribution in [0.25, 0.3) is 0 Å². The van der Waals surface area contributed by atoms with Crippen LogP contribution in [0.3, 0.4) is 0 Å². The summed E-state index contributed by atoms with van der Waals surface area (Å²) in [5.41, 5.74) is 8.63. The van der Waals surface area contributed by atoms with Gasteiger partial charge in [-0.05, 0) is 54.4 Å². The lowest BCUT2D eigenvalue weighted by atomic mass is 9.68. The molecule has 3 nitrogen and oxygen atoms in total. The van der Waals surface area contributed by atoms with Crippen molar-refractivity contribution in [3.8, 4) is 0 Å². The van der Waals surface area contributed by atoms with Crippen LogP contribution in [0.15, 0.2) is 94.8 Å². The number of nitrogens with zero attached hydrogens (tertiary/aromatic N) is 2. The molecule has 0 N–H and O–H groups in total. The molecule has 29 heavy (non-hydrogen) atoms.